The number of rotatable bonds is 5. The highest BCUT2D eigenvalue weighted by molar-refractivity contribution is 8.13. The van der Waals surface area contributed by atoms with E-state index < -0.39 is 0 Å². The lowest BCUT2D eigenvalue weighted by atomic mass is 9.84. The Hall–Kier alpha value is -0.220. The molecule has 0 fully saturated rings. The van der Waals surface area contributed by atoms with Crippen molar-refractivity contribution in [2.75, 3.05) is 32.9 Å². The van der Waals surface area contributed by atoms with E-state index in [-0.39, 0.29) is 0 Å². The van der Waals surface area contributed by atoms with Gasteiger partial charge in [-0.05, 0) is 39.3 Å². The molecule has 1 rings (SSSR count). The molecule has 17 heavy (non-hydrogen) atoms. The Labute approximate surface area is 110 Å². The lowest BCUT2D eigenvalue weighted by Gasteiger charge is -2.34. The predicted octanol–water partition coefficient (Wildman–Crippen LogP) is 2.44. The third kappa shape index (κ3) is 4.51. The summed E-state index contributed by atoms with van der Waals surface area (Å²) in [5.74, 6) is 1.21. The summed E-state index contributed by atoms with van der Waals surface area (Å²) in [6, 6.07) is 0.465. The third-order valence-corrected chi connectivity index (χ3v) is 4.86. The Kier molecular flexibility index (Phi) is 5.80. The van der Waals surface area contributed by atoms with Crippen LogP contribution in [-0.2, 0) is 0 Å². The summed E-state index contributed by atoms with van der Waals surface area (Å²) in [5.41, 5.74) is 0.445. The van der Waals surface area contributed by atoms with E-state index in [2.05, 4.69) is 45.1 Å². The summed E-state index contributed by atoms with van der Waals surface area (Å²) >= 11 is 1.90. The summed E-state index contributed by atoms with van der Waals surface area (Å²) in [6.07, 6.45) is 2.47. The van der Waals surface area contributed by atoms with Crippen LogP contribution < -0.4 is 5.32 Å². The van der Waals surface area contributed by atoms with Crippen molar-refractivity contribution in [3.05, 3.63) is 0 Å². The van der Waals surface area contributed by atoms with Crippen molar-refractivity contribution in [1.29, 1.82) is 0 Å². The van der Waals surface area contributed by atoms with Gasteiger partial charge in [0.1, 0.15) is 0 Å². The van der Waals surface area contributed by atoms with Crippen molar-refractivity contribution in [1.82, 2.24) is 10.2 Å². The molecule has 3 nitrogen and oxygen atoms in total. The number of amidine groups is 1. The maximum absolute atomic E-state index is 4.72. The van der Waals surface area contributed by atoms with Gasteiger partial charge in [0.2, 0.25) is 0 Å². The Morgan fingerprint density at radius 1 is 1.41 bits per heavy atom. The van der Waals surface area contributed by atoms with Crippen molar-refractivity contribution in [2.45, 2.75) is 39.7 Å². The number of hydrogen-bond donors (Lipinski definition) is 1. The molecule has 1 heterocycles. The molecule has 1 aliphatic rings. The zero-order valence-electron chi connectivity index (χ0n) is 11.9. The summed E-state index contributed by atoms with van der Waals surface area (Å²) in [5, 5.41) is 4.64. The number of aliphatic imine (C=N–C) groups is 1. The minimum Gasteiger partial charge on any atom is -0.361 e. The van der Waals surface area contributed by atoms with E-state index in [1.807, 2.05) is 11.8 Å². The van der Waals surface area contributed by atoms with Crippen LogP contribution in [0.1, 0.15) is 33.6 Å². The van der Waals surface area contributed by atoms with Gasteiger partial charge in [0, 0.05) is 24.9 Å². The van der Waals surface area contributed by atoms with Gasteiger partial charge in [-0.15, -0.1) is 0 Å². The van der Waals surface area contributed by atoms with Gasteiger partial charge in [-0.3, -0.25) is 4.99 Å². The number of nitrogens with zero attached hydrogens (tertiary/aromatic N) is 2. The second kappa shape index (κ2) is 6.64. The second-order valence-corrected chi connectivity index (χ2v) is 6.39. The van der Waals surface area contributed by atoms with Gasteiger partial charge in [0.25, 0.3) is 0 Å². The van der Waals surface area contributed by atoms with Gasteiger partial charge >= 0.3 is 0 Å². The molecule has 1 atom stereocenters. The van der Waals surface area contributed by atoms with Crippen molar-refractivity contribution >= 4 is 16.9 Å². The number of hydrogen-bond acceptors (Lipinski definition) is 4. The van der Waals surface area contributed by atoms with Crippen molar-refractivity contribution < 1.29 is 0 Å². The van der Waals surface area contributed by atoms with E-state index in [1.54, 1.807) is 0 Å². The Morgan fingerprint density at radius 3 is 2.47 bits per heavy atom. The Bertz CT molecular complexity index is 259. The number of likely N-dealkylation sites (N-methyl/N-ethyl adjacent to an activating group) is 1. The van der Waals surface area contributed by atoms with E-state index in [9.17, 15) is 0 Å². The first kappa shape index (κ1) is 14.8. The minimum atomic E-state index is 0.445. The fraction of sp³-hybridized carbons (Fsp3) is 0.923. The molecule has 0 aromatic carbocycles. The SMILES string of the molecule is CCC1(CC)CN=C(NC(C)CN(C)C)SC1. The van der Waals surface area contributed by atoms with Gasteiger partial charge in [-0.1, -0.05) is 25.6 Å². The van der Waals surface area contributed by atoms with E-state index >= 15 is 0 Å². The fourth-order valence-electron chi connectivity index (χ4n) is 2.12. The average Bonchev–Trinajstić information content (AvgIpc) is 2.29. The smallest absolute Gasteiger partial charge is 0.156 e. The Morgan fingerprint density at radius 2 is 2.06 bits per heavy atom. The average molecular weight is 257 g/mol. The van der Waals surface area contributed by atoms with Crippen molar-refractivity contribution in [3.8, 4) is 0 Å². The molecule has 0 aromatic heterocycles. The maximum Gasteiger partial charge on any atom is 0.156 e. The van der Waals surface area contributed by atoms with E-state index in [0.717, 1.165) is 18.3 Å². The highest BCUT2D eigenvalue weighted by Gasteiger charge is 2.30. The highest BCUT2D eigenvalue weighted by atomic mass is 32.2. The standard InChI is InChI=1S/C13H27N3S/c1-6-13(7-2)9-14-12(17-10-13)15-11(3)8-16(4)5/h11H,6-10H2,1-5H3,(H,14,15). The predicted molar refractivity (Wildman–Crippen MR) is 78.9 cm³/mol. The zero-order valence-corrected chi connectivity index (χ0v) is 12.7. The number of nitrogens with one attached hydrogen (secondary N) is 1. The van der Waals surface area contributed by atoms with Gasteiger partial charge in [0.15, 0.2) is 5.17 Å². The van der Waals surface area contributed by atoms with Crippen LogP contribution in [0.5, 0.6) is 0 Å². The third-order valence-electron chi connectivity index (χ3n) is 3.58. The summed E-state index contributed by atoms with van der Waals surface area (Å²) in [6.45, 7) is 8.82. The number of thioether (sulfide) groups is 1. The molecule has 1 N–H and O–H groups in total. The van der Waals surface area contributed by atoms with Crippen LogP contribution in [0.2, 0.25) is 0 Å². The molecule has 0 saturated heterocycles. The quantitative estimate of drug-likeness (QED) is 0.820. The van der Waals surface area contributed by atoms with Crippen molar-refractivity contribution in [2.24, 2.45) is 10.4 Å². The molecule has 0 saturated carbocycles. The maximum atomic E-state index is 4.72. The first-order valence-corrected chi connectivity index (χ1v) is 7.58. The molecule has 0 aliphatic carbocycles. The lowest BCUT2D eigenvalue weighted by Crippen LogP contribution is -2.41. The molecule has 0 amide bonds. The van der Waals surface area contributed by atoms with Gasteiger partial charge in [0.05, 0.1) is 0 Å². The van der Waals surface area contributed by atoms with Crippen LogP contribution in [-0.4, -0.2) is 49.0 Å². The molecular formula is C13H27N3S. The van der Waals surface area contributed by atoms with Crippen molar-refractivity contribution in [3.63, 3.8) is 0 Å². The molecule has 4 heteroatoms. The lowest BCUT2D eigenvalue weighted by molar-refractivity contribution is 0.317. The van der Waals surface area contributed by atoms with Crippen LogP contribution in [0.15, 0.2) is 4.99 Å². The second-order valence-electron chi connectivity index (χ2n) is 5.42. The van der Waals surface area contributed by atoms with Gasteiger partial charge in [-0.25, -0.2) is 0 Å². The van der Waals surface area contributed by atoms with Gasteiger partial charge in [-0.2, -0.15) is 0 Å². The fourth-order valence-corrected chi connectivity index (χ4v) is 3.50. The first-order valence-electron chi connectivity index (χ1n) is 6.60. The summed E-state index contributed by atoms with van der Waals surface area (Å²) in [7, 11) is 4.21. The van der Waals surface area contributed by atoms with Gasteiger partial charge < -0.3 is 10.2 Å². The molecule has 0 spiro atoms. The Balaban J connectivity index is 2.45. The summed E-state index contributed by atoms with van der Waals surface area (Å²) < 4.78 is 0. The monoisotopic (exact) mass is 257 g/mol. The zero-order chi connectivity index (χ0) is 12.9. The van der Waals surface area contributed by atoms with Crippen LogP contribution >= 0.6 is 11.8 Å². The highest BCUT2D eigenvalue weighted by Crippen LogP contribution is 2.34. The van der Waals surface area contributed by atoms with Crippen LogP contribution in [0.4, 0.5) is 0 Å². The molecule has 0 radical (unpaired) electrons. The van der Waals surface area contributed by atoms with E-state index in [1.165, 1.54) is 18.6 Å². The molecule has 1 aliphatic heterocycles. The summed E-state index contributed by atoms with van der Waals surface area (Å²) in [4.78, 5) is 6.92. The van der Waals surface area contributed by atoms with Crippen LogP contribution in [0.25, 0.3) is 0 Å². The topological polar surface area (TPSA) is 27.6 Å². The molecular weight excluding hydrogens is 230 g/mol. The normalized spacial score (nSPS) is 21.2. The first-order chi connectivity index (χ1) is 8.01. The van der Waals surface area contributed by atoms with E-state index in [4.69, 9.17) is 4.99 Å². The molecule has 0 aromatic rings. The van der Waals surface area contributed by atoms with Crippen LogP contribution in [0, 0.1) is 5.41 Å². The van der Waals surface area contributed by atoms with E-state index in [0.29, 0.717) is 11.5 Å². The molecule has 100 valence electrons. The largest absolute Gasteiger partial charge is 0.361 e. The molecule has 1 unspecified atom stereocenters. The van der Waals surface area contributed by atoms with Crippen LogP contribution in [0.3, 0.4) is 0 Å². The molecule has 0 bridgehead atoms. The minimum absolute atomic E-state index is 0.445.